The Bertz CT molecular complexity index is 822. The first-order valence-corrected chi connectivity index (χ1v) is 9.21. The van der Waals surface area contributed by atoms with Crippen LogP contribution < -0.4 is 10.0 Å². The first kappa shape index (κ1) is 17.7. The van der Waals surface area contributed by atoms with Gasteiger partial charge in [-0.15, -0.1) is 0 Å². The summed E-state index contributed by atoms with van der Waals surface area (Å²) in [6, 6.07) is 13.4. The molecule has 0 aliphatic rings. The maximum absolute atomic E-state index is 12.3. The number of benzene rings is 2. The van der Waals surface area contributed by atoms with Crippen LogP contribution >= 0.6 is 15.9 Å². The summed E-state index contributed by atoms with van der Waals surface area (Å²) < 4.78 is 26.8. The van der Waals surface area contributed by atoms with Crippen molar-refractivity contribution in [2.24, 2.45) is 0 Å². The Labute approximate surface area is 144 Å². The minimum atomic E-state index is -3.58. The molecule has 0 spiro atoms. The van der Waals surface area contributed by atoms with Crippen molar-refractivity contribution in [3.05, 3.63) is 64.1 Å². The summed E-state index contributed by atoms with van der Waals surface area (Å²) in [6.45, 7) is 1.87. The number of nitrogens with one attached hydrogen (secondary N) is 2. The van der Waals surface area contributed by atoms with Crippen molar-refractivity contribution in [1.82, 2.24) is 10.0 Å². The minimum Gasteiger partial charge on any atom is -0.346 e. The average Bonchev–Trinajstić information content (AvgIpc) is 2.55. The van der Waals surface area contributed by atoms with Crippen molar-refractivity contribution < 1.29 is 13.2 Å². The van der Waals surface area contributed by atoms with Gasteiger partial charge in [-0.1, -0.05) is 34.1 Å². The Balaban J connectivity index is 2.20. The monoisotopic (exact) mass is 396 g/mol. The van der Waals surface area contributed by atoms with Crippen LogP contribution in [0.3, 0.4) is 0 Å². The Kier molecular flexibility index (Phi) is 5.56. The summed E-state index contributed by atoms with van der Waals surface area (Å²) in [7, 11) is -2.25. The molecule has 0 saturated carbocycles. The van der Waals surface area contributed by atoms with E-state index in [0.717, 1.165) is 10.0 Å². The molecule has 2 aromatic carbocycles. The molecule has 5 nitrogen and oxygen atoms in total. The van der Waals surface area contributed by atoms with Gasteiger partial charge in [-0.3, -0.25) is 4.79 Å². The van der Waals surface area contributed by atoms with Crippen molar-refractivity contribution >= 4 is 31.9 Å². The quantitative estimate of drug-likeness (QED) is 0.815. The van der Waals surface area contributed by atoms with E-state index in [4.69, 9.17) is 0 Å². The molecule has 2 rings (SSSR count). The smallest absolute Gasteiger partial charge is 0.251 e. The van der Waals surface area contributed by atoms with Crippen molar-refractivity contribution in [2.75, 3.05) is 7.05 Å². The van der Waals surface area contributed by atoms with E-state index in [1.54, 1.807) is 12.1 Å². The van der Waals surface area contributed by atoms with E-state index in [0.29, 0.717) is 5.56 Å². The van der Waals surface area contributed by atoms with Crippen molar-refractivity contribution in [2.45, 2.75) is 17.9 Å². The highest BCUT2D eigenvalue weighted by Crippen LogP contribution is 2.19. The molecular formula is C16H17BrN2O3S. The molecule has 0 bridgehead atoms. The third-order valence-electron chi connectivity index (χ3n) is 3.37. The van der Waals surface area contributed by atoms with E-state index in [9.17, 15) is 13.2 Å². The number of carbonyl (C=O) groups is 1. The Morgan fingerprint density at radius 2 is 1.83 bits per heavy atom. The Morgan fingerprint density at radius 3 is 2.48 bits per heavy atom. The summed E-state index contributed by atoms with van der Waals surface area (Å²) >= 11 is 3.39. The van der Waals surface area contributed by atoms with Gasteiger partial charge in [-0.05, 0) is 49.9 Å². The predicted octanol–water partition coefficient (Wildman–Crippen LogP) is 2.85. The average molecular weight is 397 g/mol. The lowest BCUT2D eigenvalue weighted by Crippen LogP contribution is -2.27. The van der Waals surface area contributed by atoms with Gasteiger partial charge in [-0.25, -0.2) is 13.1 Å². The fourth-order valence-corrected chi connectivity index (χ4v) is 3.25. The van der Waals surface area contributed by atoms with Gasteiger partial charge in [0.1, 0.15) is 0 Å². The fraction of sp³-hybridized carbons (Fsp3) is 0.188. The van der Waals surface area contributed by atoms with Gasteiger partial charge in [0.05, 0.1) is 10.9 Å². The maximum Gasteiger partial charge on any atom is 0.251 e. The summed E-state index contributed by atoms with van der Waals surface area (Å²) in [4.78, 5) is 12.4. The molecule has 1 amide bonds. The number of halogens is 1. The standard InChI is InChI=1S/C16H17BrN2O3S/c1-11(12-5-3-7-14(17)9-12)19-16(20)13-6-4-8-15(10-13)23(21,22)18-2/h3-11,18H,1-2H3,(H,19,20)/t11-/m0/s1. The topological polar surface area (TPSA) is 75.3 Å². The van der Waals surface area contributed by atoms with Crippen LogP contribution in [0, 0.1) is 0 Å². The van der Waals surface area contributed by atoms with E-state index in [1.807, 2.05) is 31.2 Å². The number of hydrogen-bond acceptors (Lipinski definition) is 3. The Morgan fingerprint density at radius 1 is 1.13 bits per heavy atom. The highest BCUT2D eigenvalue weighted by molar-refractivity contribution is 9.10. The van der Waals surface area contributed by atoms with E-state index in [-0.39, 0.29) is 16.8 Å². The van der Waals surface area contributed by atoms with Gasteiger partial charge in [0.15, 0.2) is 0 Å². The normalized spacial score (nSPS) is 12.7. The molecule has 122 valence electrons. The highest BCUT2D eigenvalue weighted by Gasteiger charge is 2.16. The molecule has 2 aromatic rings. The summed E-state index contributed by atoms with van der Waals surface area (Å²) in [6.07, 6.45) is 0. The van der Waals surface area contributed by atoms with Gasteiger partial charge in [0.25, 0.3) is 5.91 Å². The van der Waals surface area contributed by atoms with Crippen molar-refractivity contribution in [3.63, 3.8) is 0 Å². The molecule has 0 aliphatic heterocycles. The SMILES string of the molecule is CNS(=O)(=O)c1cccc(C(=O)N[C@@H](C)c2cccc(Br)c2)c1. The van der Waals surface area contributed by atoms with E-state index >= 15 is 0 Å². The van der Waals surface area contributed by atoms with Gasteiger partial charge < -0.3 is 5.32 Å². The summed E-state index contributed by atoms with van der Waals surface area (Å²) in [5, 5.41) is 2.86. The first-order chi connectivity index (χ1) is 10.8. The van der Waals surface area contributed by atoms with Crippen LogP contribution in [-0.4, -0.2) is 21.4 Å². The summed E-state index contributed by atoms with van der Waals surface area (Å²) in [5.41, 5.74) is 1.25. The molecule has 7 heteroatoms. The van der Waals surface area contributed by atoms with Crippen LogP contribution in [0.15, 0.2) is 57.9 Å². The number of sulfonamides is 1. The maximum atomic E-state index is 12.3. The molecule has 0 unspecified atom stereocenters. The first-order valence-electron chi connectivity index (χ1n) is 6.93. The zero-order valence-electron chi connectivity index (χ0n) is 12.7. The van der Waals surface area contributed by atoms with Crippen LogP contribution in [-0.2, 0) is 10.0 Å². The molecule has 1 atom stereocenters. The molecule has 23 heavy (non-hydrogen) atoms. The molecule has 2 N–H and O–H groups in total. The van der Waals surface area contributed by atoms with Gasteiger partial charge in [0, 0.05) is 10.0 Å². The van der Waals surface area contributed by atoms with Crippen LogP contribution in [0.2, 0.25) is 0 Å². The van der Waals surface area contributed by atoms with Crippen LogP contribution in [0.1, 0.15) is 28.9 Å². The highest BCUT2D eigenvalue weighted by atomic mass is 79.9. The van der Waals surface area contributed by atoms with Crippen molar-refractivity contribution in [1.29, 1.82) is 0 Å². The number of hydrogen-bond donors (Lipinski definition) is 2. The van der Waals surface area contributed by atoms with Gasteiger partial charge >= 0.3 is 0 Å². The fourth-order valence-electron chi connectivity index (χ4n) is 2.06. The second kappa shape index (κ2) is 7.25. The van der Waals surface area contributed by atoms with E-state index in [2.05, 4.69) is 26.0 Å². The molecule has 0 heterocycles. The van der Waals surface area contributed by atoms with Gasteiger partial charge in [-0.2, -0.15) is 0 Å². The Hall–Kier alpha value is -1.70. The van der Waals surface area contributed by atoms with Gasteiger partial charge in [0.2, 0.25) is 10.0 Å². The third-order valence-corrected chi connectivity index (χ3v) is 5.28. The molecular weight excluding hydrogens is 380 g/mol. The number of amides is 1. The molecule has 0 aliphatic carbocycles. The van der Waals surface area contributed by atoms with Crippen molar-refractivity contribution in [3.8, 4) is 0 Å². The zero-order chi connectivity index (χ0) is 17.0. The second-order valence-electron chi connectivity index (χ2n) is 4.99. The summed E-state index contributed by atoms with van der Waals surface area (Å²) in [5.74, 6) is -0.328. The third kappa shape index (κ3) is 4.40. The lowest BCUT2D eigenvalue weighted by molar-refractivity contribution is 0.0939. The predicted molar refractivity (Wildman–Crippen MR) is 92.7 cm³/mol. The lowest BCUT2D eigenvalue weighted by atomic mass is 10.1. The lowest BCUT2D eigenvalue weighted by Gasteiger charge is -2.15. The van der Waals surface area contributed by atoms with Crippen LogP contribution in [0.5, 0.6) is 0 Å². The van der Waals surface area contributed by atoms with Crippen LogP contribution in [0.25, 0.3) is 0 Å². The molecule has 0 fully saturated rings. The number of rotatable bonds is 5. The molecule has 0 radical (unpaired) electrons. The zero-order valence-corrected chi connectivity index (χ0v) is 15.1. The minimum absolute atomic E-state index is 0.0581. The van der Waals surface area contributed by atoms with E-state index in [1.165, 1.54) is 19.2 Å². The largest absolute Gasteiger partial charge is 0.346 e. The number of carbonyl (C=O) groups excluding carboxylic acids is 1. The van der Waals surface area contributed by atoms with E-state index < -0.39 is 10.0 Å². The second-order valence-corrected chi connectivity index (χ2v) is 7.79. The molecule has 0 aromatic heterocycles. The van der Waals surface area contributed by atoms with Crippen LogP contribution in [0.4, 0.5) is 0 Å². The molecule has 0 saturated heterocycles.